The first-order chi connectivity index (χ1) is 10.5. The number of hydrogen-bond donors (Lipinski definition) is 1. The maximum Gasteiger partial charge on any atom is 0.273 e. The zero-order valence-electron chi connectivity index (χ0n) is 12.0. The van der Waals surface area contributed by atoms with Crippen LogP contribution in [0.15, 0.2) is 42.5 Å². The molecule has 0 atom stereocenters. The Morgan fingerprint density at radius 3 is 2.64 bits per heavy atom. The van der Waals surface area contributed by atoms with Gasteiger partial charge in [0.1, 0.15) is 5.82 Å². The molecule has 0 saturated carbocycles. The van der Waals surface area contributed by atoms with Crippen LogP contribution in [0.1, 0.15) is 21.5 Å². The van der Waals surface area contributed by atoms with Crippen molar-refractivity contribution in [3.8, 4) is 0 Å². The smallest absolute Gasteiger partial charge is 0.273 e. The molecule has 1 amide bonds. The third-order valence-corrected chi connectivity index (χ3v) is 3.38. The molecule has 5 nitrogen and oxygen atoms in total. The number of hydrogen-bond acceptors (Lipinski definition) is 3. The summed E-state index contributed by atoms with van der Waals surface area (Å²) in [7, 11) is 0. The molecule has 22 heavy (non-hydrogen) atoms. The van der Waals surface area contributed by atoms with Crippen molar-refractivity contribution in [2.75, 3.05) is 6.54 Å². The van der Waals surface area contributed by atoms with Gasteiger partial charge >= 0.3 is 0 Å². The van der Waals surface area contributed by atoms with Gasteiger partial charge in [-0.15, -0.1) is 0 Å². The lowest BCUT2D eigenvalue weighted by Gasteiger charge is -2.08. The molecule has 2 rings (SSSR count). The van der Waals surface area contributed by atoms with Gasteiger partial charge in [0.25, 0.3) is 11.6 Å². The highest BCUT2D eigenvalue weighted by Gasteiger charge is 2.17. The lowest BCUT2D eigenvalue weighted by atomic mass is 10.1. The first kappa shape index (κ1) is 15.6. The maximum absolute atomic E-state index is 13.5. The number of nitrogens with one attached hydrogen (secondary N) is 1. The average molecular weight is 302 g/mol. The van der Waals surface area contributed by atoms with E-state index in [2.05, 4.69) is 5.32 Å². The zero-order chi connectivity index (χ0) is 16.1. The molecule has 0 aliphatic rings. The first-order valence-electron chi connectivity index (χ1n) is 6.76. The fourth-order valence-electron chi connectivity index (χ4n) is 2.17. The van der Waals surface area contributed by atoms with Crippen molar-refractivity contribution in [2.45, 2.75) is 13.3 Å². The second-order valence-corrected chi connectivity index (χ2v) is 4.80. The predicted octanol–water partition coefficient (Wildman–Crippen LogP) is 3.01. The second kappa shape index (κ2) is 6.80. The molecule has 0 bridgehead atoms. The molecule has 0 radical (unpaired) electrons. The molecule has 0 aliphatic heterocycles. The van der Waals surface area contributed by atoms with E-state index in [1.54, 1.807) is 18.2 Å². The van der Waals surface area contributed by atoms with E-state index in [0.717, 1.165) is 0 Å². The fourth-order valence-corrected chi connectivity index (χ4v) is 2.17. The Labute approximate surface area is 126 Å². The number of benzene rings is 2. The van der Waals surface area contributed by atoms with Crippen LogP contribution in [-0.2, 0) is 6.42 Å². The number of carbonyl (C=O) groups excluding carboxylic acids is 1. The van der Waals surface area contributed by atoms with Crippen LogP contribution in [0.4, 0.5) is 10.1 Å². The highest BCUT2D eigenvalue weighted by Crippen LogP contribution is 2.20. The van der Waals surface area contributed by atoms with Crippen LogP contribution in [0.5, 0.6) is 0 Å². The Hall–Kier alpha value is -2.76. The van der Waals surface area contributed by atoms with E-state index in [4.69, 9.17) is 0 Å². The van der Waals surface area contributed by atoms with E-state index in [-0.39, 0.29) is 23.6 Å². The summed E-state index contributed by atoms with van der Waals surface area (Å²) in [6, 6.07) is 10.7. The number of nitro groups is 1. The van der Waals surface area contributed by atoms with E-state index in [1.165, 1.54) is 31.2 Å². The van der Waals surface area contributed by atoms with Gasteiger partial charge in [0.2, 0.25) is 0 Å². The average Bonchev–Trinajstić information content (AvgIpc) is 2.49. The third-order valence-electron chi connectivity index (χ3n) is 3.38. The number of amides is 1. The van der Waals surface area contributed by atoms with Crippen LogP contribution in [0.3, 0.4) is 0 Å². The minimum absolute atomic E-state index is 0.0956. The van der Waals surface area contributed by atoms with E-state index in [0.29, 0.717) is 17.5 Å². The van der Waals surface area contributed by atoms with Gasteiger partial charge < -0.3 is 5.32 Å². The van der Waals surface area contributed by atoms with Gasteiger partial charge in [-0.3, -0.25) is 14.9 Å². The van der Waals surface area contributed by atoms with E-state index in [9.17, 15) is 19.3 Å². The molecule has 0 heterocycles. The molecule has 0 aromatic heterocycles. The fraction of sp³-hybridized carbons (Fsp3) is 0.188. The number of nitrogens with zero attached hydrogens (tertiary/aromatic N) is 1. The Morgan fingerprint density at radius 2 is 1.95 bits per heavy atom. The first-order valence-corrected chi connectivity index (χ1v) is 6.76. The van der Waals surface area contributed by atoms with E-state index in [1.807, 2.05) is 0 Å². The minimum Gasteiger partial charge on any atom is -0.352 e. The SMILES string of the molecule is Cc1c(C(=O)NCCc2ccccc2F)cccc1[N+](=O)[O-]. The lowest BCUT2D eigenvalue weighted by molar-refractivity contribution is -0.385. The molecule has 114 valence electrons. The van der Waals surface area contributed by atoms with Crippen molar-refractivity contribution in [2.24, 2.45) is 0 Å². The Balaban J connectivity index is 2.03. The van der Waals surface area contributed by atoms with Crippen molar-refractivity contribution in [1.29, 1.82) is 0 Å². The van der Waals surface area contributed by atoms with Crippen molar-refractivity contribution in [3.05, 3.63) is 75.1 Å². The Morgan fingerprint density at radius 1 is 1.23 bits per heavy atom. The summed E-state index contributed by atoms with van der Waals surface area (Å²) in [6.07, 6.45) is 0.354. The number of rotatable bonds is 5. The summed E-state index contributed by atoms with van der Waals surface area (Å²) in [5, 5.41) is 13.5. The molecule has 6 heteroatoms. The van der Waals surface area contributed by atoms with Crippen LogP contribution in [0.2, 0.25) is 0 Å². The molecule has 2 aromatic rings. The lowest BCUT2D eigenvalue weighted by Crippen LogP contribution is -2.26. The van der Waals surface area contributed by atoms with Gasteiger partial charge in [-0.05, 0) is 31.0 Å². The van der Waals surface area contributed by atoms with Crippen LogP contribution >= 0.6 is 0 Å². The molecule has 0 unspecified atom stereocenters. The molecule has 2 aromatic carbocycles. The van der Waals surface area contributed by atoms with Crippen LogP contribution in [0.25, 0.3) is 0 Å². The van der Waals surface area contributed by atoms with Gasteiger partial charge in [-0.1, -0.05) is 24.3 Å². The summed E-state index contributed by atoms with van der Waals surface area (Å²) in [5.74, 6) is -0.721. The topological polar surface area (TPSA) is 72.2 Å². The molecule has 0 saturated heterocycles. The minimum atomic E-state index is -0.522. The molecular weight excluding hydrogens is 287 g/mol. The normalized spacial score (nSPS) is 10.3. The quantitative estimate of drug-likeness (QED) is 0.681. The summed E-state index contributed by atoms with van der Waals surface area (Å²) in [6.45, 7) is 1.78. The maximum atomic E-state index is 13.5. The van der Waals surface area contributed by atoms with Crippen molar-refractivity contribution >= 4 is 11.6 Å². The highest BCUT2D eigenvalue weighted by molar-refractivity contribution is 5.96. The standard InChI is InChI=1S/C16H15FN2O3/c1-11-13(6-4-8-15(11)19(21)22)16(20)18-10-9-12-5-2-3-7-14(12)17/h2-8H,9-10H2,1H3,(H,18,20). The molecule has 0 aliphatic carbocycles. The zero-order valence-corrected chi connectivity index (χ0v) is 12.0. The van der Waals surface area contributed by atoms with Crippen molar-refractivity contribution in [1.82, 2.24) is 5.32 Å². The number of halogens is 1. The number of carbonyl (C=O) groups is 1. The Bertz CT molecular complexity index is 716. The monoisotopic (exact) mass is 302 g/mol. The third kappa shape index (κ3) is 3.46. The van der Waals surface area contributed by atoms with Crippen LogP contribution in [-0.4, -0.2) is 17.4 Å². The molecular formula is C16H15FN2O3. The molecule has 0 spiro atoms. The summed E-state index contributed by atoms with van der Waals surface area (Å²) in [5.41, 5.74) is 0.985. The van der Waals surface area contributed by atoms with Crippen LogP contribution < -0.4 is 5.32 Å². The summed E-state index contributed by atoms with van der Waals surface area (Å²) < 4.78 is 13.5. The predicted molar refractivity (Wildman–Crippen MR) is 80.3 cm³/mol. The second-order valence-electron chi connectivity index (χ2n) is 4.80. The van der Waals surface area contributed by atoms with Crippen LogP contribution in [0, 0.1) is 22.9 Å². The van der Waals surface area contributed by atoms with Crippen molar-refractivity contribution < 1.29 is 14.1 Å². The highest BCUT2D eigenvalue weighted by atomic mass is 19.1. The summed E-state index contributed by atoms with van der Waals surface area (Å²) >= 11 is 0. The van der Waals surface area contributed by atoms with E-state index < -0.39 is 10.8 Å². The van der Waals surface area contributed by atoms with Gasteiger partial charge in [-0.25, -0.2) is 4.39 Å². The molecule has 0 fully saturated rings. The van der Waals surface area contributed by atoms with Crippen molar-refractivity contribution in [3.63, 3.8) is 0 Å². The largest absolute Gasteiger partial charge is 0.352 e. The van der Waals surface area contributed by atoms with Gasteiger partial charge in [0, 0.05) is 23.7 Å². The number of nitro benzene ring substituents is 1. The Kier molecular flexibility index (Phi) is 4.83. The van der Waals surface area contributed by atoms with E-state index >= 15 is 0 Å². The summed E-state index contributed by atoms with van der Waals surface area (Å²) in [4.78, 5) is 22.4. The van der Waals surface area contributed by atoms with Gasteiger partial charge in [-0.2, -0.15) is 0 Å². The van der Waals surface area contributed by atoms with Gasteiger partial charge in [0.15, 0.2) is 0 Å². The molecule has 1 N–H and O–H groups in total. The van der Waals surface area contributed by atoms with Gasteiger partial charge in [0.05, 0.1) is 4.92 Å².